The van der Waals surface area contributed by atoms with Crippen molar-refractivity contribution < 1.29 is 23.4 Å². The Bertz CT molecular complexity index is 1080. The van der Waals surface area contributed by atoms with Crippen LogP contribution in [0.2, 0.25) is 0 Å². The highest BCUT2D eigenvalue weighted by atomic mass is 16.6. The van der Waals surface area contributed by atoms with Gasteiger partial charge in [-0.25, -0.2) is 4.79 Å². The molecule has 1 aromatic carbocycles. The summed E-state index contributed by atoms with van der Waals surface area (Å²) in [5.74, 6) is -0.0428. The van der Waals surface area contributed by atoms with Crippen molar-refractivity contribution in [2.45, 2.75) is 60.3 Å². The largest absolute Gasteiger partial charge is 0.489 e. The maximum Gasteiger partial charge on any atom is 0.383 e. The average Bonchev–Trinajstić information content (AvgIpc) is 2.74. The standard InChI is InChI=1S/C27H34O6/c1-6-7-8-9-16-31-26-25(32-21(5)28)23-14-13-22(18-24(23)33-27(26)29)30-17-15-20(4)12-10-11-19(2)3/h7-8,11,13-15,18H,6,9-10,12,16-17H2,1-5H3/b8-7?,20-15+. The molecule has 0 aliphatic carbocycles. The van der Waals surface area contributed by atoms with E-state index in [2.05, 4.69) is 26.8 Å². The summed E-state index contributed by atoms with van der Waals surface area (Å²) in [5.41, 5.74) is 2.11. The Balaban J connectivity index is 2.20. The predicted octanol–water partition coefficient (Wildman–Crippen LogP) is 6.52. The minimum Gasteiger partial charge on any atom is -0.489 e. The second-order valence-corrected chi connectivity index (χ2v) is 8.00. The molecule has 0 unspecified atom stereocenters. The van der Waals surface area contributed by atoms with Crippen molar-refractivity contribution in [1.82, 2.24) is 0 Å². The molecule has 6 heteroatoms. The third-order valence-electron chi connectivity index (χ3n) is 4.74. The zero-order chi connectivity index (χ0) is 24.2. The first-order valence-corrected chi connectivity index (χ1v) is 11.3. The molecule has 0 N–H and O–H groups in total. The van der Waals surface area contributed by atoms with Gasteiger partial charge >= 0.3 is 11.6 Å². The number of rotatable bonds is 12. The Morgan fingerprint density at radius 1 is 1.00 bits per heavy atom. The lowest BCUT2D eigenvalue weighted by Crippen LogP contribution is -2.13. The van der Waals surface area contributed by atoms with Crippen LogP contribution in [-0.2, 0) is 4.79 Å². The van der Waals surface area contributed by atoms with Crippen LogP contribution in [0.25, 0.3) is 11.0 Å². The zero-order valence-electron chi connectivity index (χ0n) is 20.2. The molecule has 1 heterocycles. The molecule has 0 fully saturated rings. The summed E-state index contributed by atoms with van der Waals surface area (Å²) < 4.78 is 22.2. The first-order chi connectivity index (χ1) is 15.8. The van der Waals surface area contributed by atoms with E-state index in [4.69, 9.17) is 18.6 Å². The van der Waals surface area contributed by atoms with E-state index in [1.165, 1.54) is 18.1 Å². The Hall–Kier alpha value is -3.28. The van der Waals surface area contributed by atoms with Crippen LogP contribution in [0.5, 0.6) is 17.2 Å². The van der Waals surface area contributed by atoms with Crippen molar-refractivity contribution in [2.75, 3.05) is 13.2 Å². The molecule has 0 atom stereocenters. The van der Waals surface area contributed by atoms with Crippen LogP contribution in [-0.4, -0.2) is 19.2 Å². The first kappa shape index (κ1) is 26.0. The van der Waals surface area contributed by atoms with Gasteiger partial charge in [0.15, 0.2) is 5.75 Å². The number of esters is 1. The number of carbonyl (C=O) groups excluding carboxylic acids is 1. The van der Waals surface area contributed by atoms with E-state index >= 15 is 0 Å². The van der Waals surface area contributed by atoms with Crippen LogP contribution >= 0.6 is 0 Å². The van der Waals surface area contributed by atoms with Crippen molar-refractivity contribution in [3.8, 4) is 17.2 Å². The van der Waals surface area contributed by atoms with E-state index in [1.54, 1.807) is 18.2 Å². The molecular weight excluding hydrogens is 420 g/mol. The monoisotopic (exact) mass is 454 g/mol. The molecule has 2 rings (SSSR count). The summed E-state index contributed by atoms with van der Waals surface area (Å²) in [6.07, 6.45) is 11.8. The molecule has 178 valence electrons. The summed E-state index contributed by atoms with van der Waals surface area (Å²) in [6, 6.07) is 5.06. The molecule has 6 nitrogen and oxygen atoms in total. The number of benzene rings is 1. The molecular formula is C27H34O6. The van der Waals surface area contributed by atoms with Crippen molar-refractivity contribution in [3.63, 3.8) is 0 Å². The molecule has 0 bridgehead atoms. The maximum atomic E-state index is 12.6. The van der Waals surface area contributed by atoms with E-state index in [0.717, 1.165) is 19.3 Å². The zero-order valence-corrected chi connectivity index (χ0v) is 20.2. The van der Waals surface area contributed by atoms with Crippen LogP contribution in [0.4, 0.5) is 0 Å². The van der Waals surface area contributed by atoms with Gasteiger partial charge in [0.25, 0.3) is 0 Å². The van der Waals surface area contributed by atoms with E-state index in [9.17, 15) is 9.59 Å². The highest BCUT2D eigenvalue weighted by Crippen LogP contribution is 2.35. The smallest absolute Gasteiger partial charge is 0.383 e. The fourth-order valence-electron chi connectivity index (χ4n) is 3.08. The van der Waals surface area contributed by atoms with E-state index in [0.29, 0.717) is 24.2 Å². The first-order valence-electron chi connectivity index (χ1n) is 11.3. The van der Waals surface area contributed by atoms with Crippen molar-refractivity contribution >= 4 is 16.9 Å². The van der Waals surface area contributed by atoms with Crippen LogP contribution in [0.3, 0.4) is 0 Å². The molecule has 0 saturated heterocycles. The Kier molecular flexibility index (Phi) is 10.5. The van der Waals surface area contributed by atoms with Crippen LogP contribution in [0.1, 0.15) is 60.3 Å². The molecule has 0 aliphatic rings. The number of allylic oxidation sites excluding steroid dienone is 4. The second kappa shape index (κ2) is 13.3. The Morgan fingerprint density at radius 2 is 1.79 bits per heavy atom. The normalized spacial score (nSPS) is 11.6. The molecule has 2 aromatic rings. The van der Waals surface area contributed by atoms with Gasteiger partial charge in [-0.05, 0) is 64.7 Å². The van der Waals surface area contributed by atoms with E-state index in [-0.39, 0.29) is 23.7 Å². The highest BCUT2D eigenvalue weighted by Gasteiger charge is 2.20. The molecule has 33 heavy (non-hydrogen) atoms. The molecule has 0 spiro atoms. The fourth-order valence-corrected chi connectivity index (χ4v) is 3.08. The van der Waals surface area contributed by atoms with Gasteiger partial charge in [-0.15, -0.1) is 0 Å². The van der Waals surface area contributed by atoms with Gasteiger partial charge in [0, 0.05) is 13.0 Å². The number of hydrogen-bond donors (Lipinski definition) is 0. The van der Waals surface area contributed by atoms with Gasteiger partial charge in [0.05, 0.1) is 12.0 Å². The Morgan fingerprint density at radius 3 is 2.48 bits per heavy atom. The van der Waals surface area contributed by atoms with Crippen LogP contribution in [0, 0.1) is 0 Å². The molecule has 0 amide bonds. The lowest BCUT2D eigenvalue weighted by molar-refractivity contribution is -0.131. The van der Waals surface area contributed by atoms with Gasteiger partial charge in [0.1, 0.15) is 17.9 Å². The summed E-state index contributed by atoms with van der Waals surface area (Å²) in [6.45, 7) is 10.2. The predicted molar refractivity (Wildman–Crippen MR) is 131 cm³/mol. The third kappa shape index (κ3) is 8.64. The molecule has 0 radical (unpaired) electrons. The van der Waals surface area contributed by atoms with Gasteiger partial charge in [-0.3, -0.25) is 4.79 Å². The summed E-state index contributed by atoms with van der Waals surface area (Å²) in [5, 5.41) is 0.463. The molecule has 1 aromatic heterocycles. The topological polar surface area (TPSA) is 75.0 Å². The maximum absolute atomic E-state index is 12.6. The summed E-state index contributed by atoms with van der Waals surface area (Å²) >= 11 is 0. The van der Waals surface area contributed by atoms with Crippen LogP contribution in [0.15, 0.2) is 62.9 Å². The van der Waals surface area contributed by atoms with Crippen LogP contribution < -0.4 is 19.8 Å². The Labute approximate surface area is 195 Å². The number of fused-ring (bicyclic) bond motifs is 1. The lowest BCUT2D eigenvalue weighted by Gasteiger charge is -2.12. The van der Waals surface area contributed by atoms with Crippen molar-refractivity contribution in [3.05, 3.63) is 64.1 Å². The van der Waals surface area contributed by atoms with E-state index in [1.807, 2.05) is 25.2 Å². The summed E-state index contributed by atoms with van der Waals surface area (Å²) in [7, 11) is 0. The number of ether oxygens (including phenoxy) is 3. The van der Waals surface area contributed by atoms with Gasteiger partial charge in [-0.2, -0.15) is 0 Å². The SMILES string of the molecule is CCC=CCCOc1c(OC(C)=O)c2ccc(OC/C=C(\C)CCC=C(C)C)cc2oc1=O. The fraction of sp³-hybridized carbons (Fsp3) is 0.407. The third-order valence-corrected chi connectivity index (χ3v) is 4.74. The lowest BCUT2D eigenvalue weighted by atomic mass is 10.1. The minimum atomic E-state index is -0.703. The van der Waals surface area contributed by atoms with Crippen molar-refractivity contribution in [1.29, 1.82) is 0 Å². The number of carbonyl (C=O) groups is 1. The van der Waals surface area contributed by atoms with Gasteiger partial charge in [-0.1, -0.05) is 36.3 Å². The second-order valence-electron chi connectivity index (χ2n) is 8.00. The van der Waals surface area contributed by atoms with E-state index < -0.39 is 11.6 Å². The van der Waals surface area contributed by atoms with Crippen molar-refractivity contribution in [2.24, 2.45) is 0 Å². The quantitative estimate of drug-likeness (QED) is 0.157. The molecule has 0 aliphatic heterocycles. The number of hydrogen-bond acceptors (Lipinski definition) is 6. The minimum absolute atomic E-state index is 0.0646. The molecule has 0 saturated carbocycles. The van der Waals surface area contributed by atoms with Gasteiger partial charge < -0.3 is 18.6 Å². The average molecular weight is 455 g/mol. The van der Waals surface area contributed by atoms with Gasteiger partial charge in [0.2, 0.25) is 5.75 Å². The highest BCUT2D eigenvalue weighted by molar-refractivity contribution is 5.89. The summed E-state index contributed by atoms with van der Waals surface area (Å²) in [4.78, 5) is 24.2.